The number of para-hydroxylation sites is 3. The number of rotatable bonds is 1. The number of benzene rings is 2. The lowest BCUT2D eigenvalue weighted by molar-refractivity contribution is 0.145. The van der Waals surface area contributed by atoms with E-state index in [1.54, 1.807) is 18.2 Å². The van der Waals surface area contributed by atoms with Crippen LogP contribution < -0.4 is 4.74 Å². The van der Waals surface area contributed by atoms with Gasteiger partial charge in [0, 0.05) is 0 Å². The van der Waals surface area contributed by atoms with Crippen LogP contribution in [-0.4, -0.2) is 21.2 Å². The van der Waals surface area contributed by atoms with Crippen molar-refractivity contribution in [1.82, 2.24) is 9.97 Å². The van der Waals surface area contributed by atoms with E-state index in [9.17, 15) is 4.79 Å². The smallest absolute Gasteiger partial charge is 0.449 e. The predicted molar refractivity (Wildman–Crippen MR) is 65.7 cm³/mol. The molecule has 2 aromatic carbocycles. The highest BCUT2D eigenvalue weighted by atomic mass is 16.7. The first-order valence-electron chi connectivity index (χ1n) is 5.30. The summed E-state index contributed by atoms with van der Waals surface area (Å²) in [6, 6.07) is 12.4. The molecule has 3 aromatic rings. The summed E-state index contributed by atoms with van der Waals surface area (Å²) < 4.78 is 4.69. The highest BCUT2D eigenvalue weighted by molar-refractivity contribution is 5.90. The monoisotopic (exact) mass is 240 g/mol. The summed E-state index contributed by atoms with van der Waals surface area (Å²) in [6.07, 6.45) is -1.36. The fraction of sp³-hybridized carbons (Fsp3) is 0. The molecule has 1 aromatic heterocycles. The Balaban J connectivity index is 2.32. The van der Waals surface area contributed by atoms with Crippen LogP contribution in [-0.2, 0) is 0 Å². The zero-order chi connectivity index (χ0) is 12.5. The van der Waals surface area contributed by atoms with Crippen molar-refractivity contribution < 1.29 is 14.6 Å². The summed E-state index contributed by atoms with van der Waals surface area (Å²) in [5.74, 6) is 0.193. The van der Waals surface area contributed by atoms with Gasteiger partial charge in [-0.05, 0) is 24.3 Å². The van der Waals surface area contributed by atoms with Crippen molar-refractivity contribution in [2.24, 2.45) is 0 Å². The van der Waals surface area contributed by atoms with E-state index >= 15 is 0 Å². The normalized spacial score (nSPS) is 10.7. The average Bonchev–Trinajstić information content (AvgIpc) is 2.36. The molecule has 0 radical (unpaired) electrons. The Morgan fingerprint density at radius 2 is 1.61 bits per heavy atom. The summed E-state index contributed by atoms with van der Waals surface area (Å²) in [4.78, 5) is 19.4. The molecule has 0 atom stereocenters. The number of fused-ring (bicyclic) bond motifs is 2. The maximum atomic E-state index is 10.6. The van der Waals surface area contributed by atoms with E-state index < -0.39 is 6.16 Å². The molecule has 0 unspecified atom stereocenters. The lowest BCUT2D eigenvalue weighted by atomic mass is 10.2. The maximum absolute atomic E-state index is 10.6. The second kappa shape index (κ2) is 3.96. The van der Waals surface area contributed by atoms with Crippen LogP contribution in [0.15, 0.2) is 42.5 Å². The predicted octanol–water partition coefficient (Wildman–Crippen LogP) is 2.84. The van der Waals surface area contributed by atoms with Gasteiger partial charge in [-0.2, -0.15) is 0 Å². The topological polar surface area (TPSA) is 72.3 Å². The Hall–Kier alpha value is -2.69. The van der Waals surface area contributed by atoms with E-state index in [1.165, 1.54) is 0 Å². The summed E-state index contributed by atoms with van der Waals surface area (Å²) in [5, 5.41) is 8.67. The minimum Gasteiger partial charge on any atom is -0.449 e. The van der Waals surface area contributed by atoms with Gasteiger partial charge in [0.2, 0.25) is 0 Å². The number of aromatic nitrogens is 2. The van der Waals surface area contributed by atoms with E-state index in [0.29, 0.717) is 16.6 Å². The molecule has 3 rings (SSSR count). The largest absolute Gasteiger partial charge is 0.511 e. The van der Waals surface area contributed by atoms with Crippen molar-refractivity contribution in [3.8, 4) is 5.75 Å². The Labute approximate surface area is 102 Å². The molecule has 18 heavy (non-hydrogen) atoms. The van der Waals surface area contributed by atoms with Crippen LogP contribution in [0.2, 0.25) is 0 Å². The van der Waals surface area contributed by atoms with Crippen LogP contribution in [0, 0.1) is 0 Å². The number of nitrogens with zero attached hydrogens (tertiary/aromatic N) is 2. The van der Waals surface area contributed by atoms with Crippen LogP contribution in [0.4, 0.5) is 4.79 Å². The van der Waals surface area contributed by atoms with Crippen LogP contribution in [0.25, 0.3) is 22.1 Å². The molecule has 0 aliphatic carbocycles. The minimum absolute atomic E-state index is 0.193. The van der Waals surface area contributed by atoms with Gasteiger partial charge in [0.05, 0.1) is 16.6 Å². The Morgan fingerprint density at radius 1 is 0.944 bits per heavy atom. The Morgan fingerprint density at radius 3 is 2.33 bits per heavy atom. The quantitative estimate of drug-likeness (QED) is 0.402. The summed E-state index contributed by atoms with van der Waals surface area (Å²) >= 11 is 0. The third-order valence-corrected chi connectivity index (χ3v) is 2.53. The zero-order valence-electron chi connectivity index (χ0n) is 9.20. The van der Waals surface area contributed by atoms with Crippen molar-refractivity contribution in [2.45, 2.75) is 0 Å². The van der Waals surface area contributed by atoms with E-state index in [2.05, 4.69) is 9.97 Å². The molecule has 0 saturated carbocycles. The van der Waals surface area contributed by atoms with E-state index in [4.69, 9.17) is 9.84 Å². The van der Waals surface area contributed by atoms with Crippen LogP contribution >= 0.6 is 0 Å². The molecule has 0 spiro atoms. The van der Waals surface area contributed by atoms with Gasteiger partial charge in [-0.25, -0.2) is 14.8 Å². The summed E-state index contributed by atoms with van der Waals surface area (Å²) in [5.41, 5.74) is 2.51. The van der Waals surface area contributed by atoms with Crippen molar-refractivity contribution in [3.05, 3.63) is 42.5 Å². The molecule has 0 saturated heterocycles. The molecule has 5 heteroatoms. The fourth-order valence-corrected chi connectivity index (χ4v) is 1.79. The molecule has 0 bridgehead atoms. The highest BCUT2D eigenvalue weighted by Crippen LogP contribution is 2.24. The molecule has 1 N–H and O–H groups in total. The second-order valence-corrected chi connectivity index (χ2v) is 3.70. The van der Waals surface area contributed by atoms with Gasteiger partial charge in [0.15, 0.2) is 5.75 Å². The van der Waals surface area contributed by atoms with Crippen molar-refractivity contribution in [2.75, 3.05) is 0 Å². The molecule has 0 aliphatic rings. The Bertz CT molecular complexity index is 755. The molecule has 5 nitrogen and oxygen atoms in total. The van der Waals surface area contributed by atoms with Crippen LogP contribution in [0.1, 0.15) is 0 Å². The number of hydrogen-bond donors (Lipinski definition) is 1. The van der Waals surface area contributed by atoms with Gasteiger partial charge in [0.25, 0.3) is 0 Å². The molecular formula is C13H8N2O3. The lowest BCUT2D eigenvalue weighted by Crippen LogP contribution is -2.04. The number of hydrogen-bond acceptors (Lipinski definition) is 4. The third-order valence-electron chi connectivity index (χ3n) is 2.53. The van der Waals surface area contributed by atoms with Gasteiger partial charge in [-0.15, -0.1) is 0 Å². The SMILES string of the molecule is O=C(O)Oc1cccc2nc3ccccc3nc12. The number of carbonyl (C=O) groups is 1. The van der Waals surface area contributed by atoms with Crippen LogP contribution in [0.5, 0.6) is 5.75 Å². The molecular weight excluding hydrogens is 232 g/mol. The van der Waals surface area contributed by atoms with Crippen LogP contribution in [0.3, 0.4) is 0 Å². The molecule has 88 valence electrons. The highest BCUT2D eigenvalue weighted by Gasteiger charge is 2.09. The summed E-state index contributed by atoms with van der Waals surface area (Å²) in [6.45, 7) is 0. The maximum Gasteiger partial charge on any atom is 0.511 e. The van der Waals surface area contributed by atoms with Gasteiger partial charge < -0.3 is 9.84 Å². The first kappa shape index (κ1) is 10.5. The number of carboxylic acid groups (broad SMARTS) is 1. The van der Waals surface area contributed by atoms with Gasteiger partial charge >= 0.3 is 6.16 Å². The summed E-state index contributed by atoms with van der Waals surface area (Å²) in [7, 11) is 0. The van der Waals surface area contributed by atoms with E-state index in [1.807, 2.05) is 24.3 Å². The van der Waals surface area contributed by atoms with Gasteiger partial charge in [0.1, 0.15) is 5.52 Å². The number of ether oxygens (including phenoxy) is 1. The first-order valence-corrected chi connectivity index (χ1v) is 5.30. The molecule has 0 aliphatic heterocycles. The Kier molecular flexibility index (Phi) is 2.30. The van der Waals surface area contributed by atoms with E-state index in [0.717, 1.165) is 5.52 Å². The van der Waals surface area contributed by atoms with Gasteiger partial charge in [-0.3, -0.25) is 0 Å². The molecule has 0 fully saturated rings. The van der Waals surface area contributed by atoms with Crippen molar-refractivity contribution in [1.29, 1.82) is 0 Å². The standard InChI is InChI=1S/C13H8N2O3/c16-13(17)18-11-7-3-6-10-12(11)15-9-5-2-1-4-8(9)14-10/h1-7H,(H,16,17). The first-order chi connectivity index (χ1) is 8.74. The van der Waals surface area contributed by atoms with Gasteiger partial charge in [-0.1, -0.05) is 18.2 Å². The average molecular weight is 240 g/mol. The van der Waals surface area contributed by atoms with Crippen molar-refractivity contribution >= 4 is 28.2 Å². The fourth-order valence-electron chi connectivity index (χ4n) is 1.79. The molecule has 1 heterocycles. The van der Waals surface area contributed by atoms with E-state index in [-0.39, 0.29) is 5.75 Å². The van der Waals surface area contributed by atoms with Crippen molar-refractivity contribution in [3.63, 3.8) is 0 Å². The zero-order valence-corrected chi connectivity index (χ0v) is 9.20. The lowest BCUT2D eigenvalue weighted by Gasteiger charge is -2.05. The molecule has 0 amide bonds. The second-order valence-electron chi connectivity index (χ2n) is 3.70. The third kappa shape index (κ3) is 1.71. The minimum atomic E-state index is -1.36.